The Bertz CT molecular complexity index is 448. The van der Waals surface area contributed by atoms with E-state index in [4.69, 9.17) is 5.73 Å². The zero-order valence-electron chi connectivity index (χ0n) is 13.4. The molecule has 1 aromatic rings. The molecular formula is C15H28N6. The number of nitrogens with zero attached hydrogens (tertiary/aromatic N) is 3. The van der Waals surface area contributed by atoms with Crippen molar-refractivity contribution in [3.63, 3.8) is 0 Å². The second-order valence-corrected chi connectivity index (χ2v) is 6.69. The maximum absolute atomic E-state index is 6.15. The molecule has 1 aliphatic rings. The highest BCUT2D eigenvalue weighted by molar-refractivity contribution is 5.74. The molecule has 2 rings (SSSR count). The van der Waals surface area contributed by atoms with E-state index in [1.807, 2.05) is 0 Å². The summed E-state index contributed by atoms with van der Waals surface area (Å²) in [6.45, 7) is 10.5. The quantitative estimate of drug-likeness (QED) is 0.772. The number of hydrogen-bond acceptors (Lipinski definition) is 6. The van der Waals surface area contributed by atoms with E-state index in [-0.39, 0.29) is 5.54 Å². The lowest BCUT2D eigenvalue weighted by atomic mass is 10.1. The summed E-state index contributed by atoms with van der Waals surface area (Å²) in [5.41, 5.74) is 6.66. The fourth-order valence-electron chi connectivity index (χ4n) is 2.51. The zero-order chi connectivity index (χ0) is 15.3. The van der Waals surface area contributed by atoms with Crippen LogP contribution in [0.15, 0.2) is 6.33 Å². The maximum Gasteiger partial charge on any atom is 0.155 e. The maximum atomic E-state index is 6.15. The molecule has 2 heterocycles. The number of likely N-dealkylation sites (tertiary alicyclic amines) is 1. The Balaban J connectivity index is 1.89. The summed E-state index contributed by atoms with van der Waals surface area (Å²) in [7, 11) is 0. The lowest BCUT2D eigenvalue weighted by molar-refractivity contribution is 0.237. The predicted molar refractivity (Wildman–Crippen MR) is 88.6 cm³/mol. The van der Waals surface area contributed by atoms with Gasteiger partial charge in [-0.05, 0) is 46.7 Å². The number of piperidine rings is 1. The largest absolute Gasteiger partial charge is 0.393 e. The van der Waals surface area contributed by atoms with Crippen LogP contribution in [0, 0.1) is 0 Å². The van der Waals surface area contributed by atoms with Gasteiger partial charge in [0.15, 0.2) is 11.6 Å². The van der Waals surface area contributed by atoms with Gasteiger partial charge in [0.25, 0.3) is 0 Å². The van der Waals surface area contributed by atoms with Gasteiger partial charge in [-0.1, -0.05) is 6.42 Å². The van der Waals surface area contributed by atoms with Gasteiger partial charge in [-0.25, -0.2) is 9.97 Å². The Morgan fingerprint density at radius 2 is 1.81 bits per heavy atom. The Kier molecular flexibility index (Phi) is 5.22. The molecule has 0 aliphatic carbocycles. The molecule has 6 heteroatoms. The molecule has 0 aromatic carbocycles. The molecule has 118 valence electrons. The number of aromatic nitrogens is 2. The summed E-state index contributed by atoms with van der Waals surface area (Å²) >= 11 is 0. The Morgan fingerprint density at radius 1 is 1.14 bits per heavy atom. The van der Waals surface area contributed by atoms with Crippen LogP contribution >= 0.6 is 0 Å². The third kappa shape index (κ3) is 5.04. The van der Waals surface area contributed by atoms with Crippen LogP contribution < -0.4 is 16.4 Å². The second kappa shape index (κ2) is 6.93. The first-order valence-corrected chi connectivity index (χ1v) is 7.80. The van der Waals surface area contributed by atoms with Gasteiger partial charge in [0.1, 0.15) is 12.0 Å². The van der Waals surface area contributed by atoms with E-state index in [0.29, 0.717) is 17.3 Å². The molecule has 0 spiro atoms. The van der Waals surface area contributed by atoms with Crippen molar-refractivity contribution in [2.24, 2.45) is 0 Å². The van der Waals surface area contributed by atoms with Gasteiger partial charge in [0.2, 0.25) is 0 Å². The standard InChI is InChI=1S/C15H28N6/c1-15(2,3)20-14-12(16)13(18-11-19-14)17-7-10-21-8-5-4-6-9-21/h11H,4-10,16H2,1-3H3,(H2,17,18,19,20). The van der Waals surface area contributed by atoms with E-state index in [0.717, 1.165) is 13.1 Å². The molecule has 1 aromatic heterocycles. The molecular weight excluding hydrogens is 264 g/mol. The third-order valence-corrected chi connectivity index (χ3v) is 3.55. The van der Waals surface area contributed by atoms with Crippen LogP contribution in [0.2, 0.25) is 0 Å². The summed E-state index contributed by atoms with van der Waals surface area (Å²) in [6, 6.07) is 0. The molecule has 0 amide bonds. The fourth-order valence-corrected chi connectivity index (χ4v) is 2.51. The Morgan fingerprint density at radius 3 is 2.48 bits per heavy atom. The van der Waals surface area contributed by atoms with Crippen molar-refractivity contribution in [3.05, 3.63) is 6.33 Å². The van der Waals surface area contributed by atoms with Gasteiger partial charge in [0, 0.05) is 18.6 Å². The topological polar surface area (TPSA) is 79.1 Å². The number of anilines is 3. The van der Waals surface area contributed by atoms with Crippen molar-refractivity contribution in [1.82, 2.24) is 14.9 Å². The molecule has 6 nitrogen and oxygen atoms in total. The Hall–Kier alpha value is -1.56. The van der Waals surface area contributed by atoms with Crippen molar-refractivity contribution >= 4 is 17.3 Å². The van der Waals surface area contributed by atoms with E-state index in [1.54, 1.807) is 6.33 Å². The molecule has 0 unspecified atom stereocenters. The van der Waals surface area contributed by atoms with Crippen LogP contribution in [0.5, 0.6) is 0 Å². The zero-order valence-corrected chi connectivity index (χ0v) is 13.4. The number of nitrogens with one attached hydrogen (secondary N) is 2. The van der Waals surface area contributed by atoms with Crippen LogP contribution in [0.25, 0.3) is 0 Å². The minimum absolute atomic E-state index is 0.0758. The van der Waals surface area contributed by atoms with E-state index >= 15 is 0 Å². The lowest BCUT2D eigenvalue weighted by Crippen LogP contribution is -2.34. The van der Waals surface area contributed by atoms with E-state index < -0.39 is 0 Å². The van der Waals surface area contributed by atoms with Crippen LogP contribution in [0.4, 0.5) is 17.3 Å². The van der Waals surface area contributed by atoms with Crippen LogP contribution in [-0.2, 0) is 0 Å². The fraction of sp³-hybridized carbons (Fsp3) is 0.733. The summed E-state index contributed by atoms with van der Waals surface area (Å²) < 4.78 is 0. The highest BCUT2D eigenvalue weighted by Crippen LogP contribution is 2.24. The van der Waals surface area contributed by atoms with Gasteiger partial charge in [-0.3, -0.25) is 0 Å². The average Bonchev–Trinajstić information content (AvgIpc) is 2.43. The molecule has 1 saturated heterocycles. The minimum atomic E-state index is -0.0758. The van der Waals surface area contributed by atoms with Crippen molar-refractivity contribution < 1.29 is 0 Å². The Labute approximate surface area is 127 Å². The summed E-state index contributed by atoms with van der Waals surface area (Å²) in [4.78, 5) is 11.0. The van der Waals surface area contributed by atoms with Crippen LogP contribution in [0.3, 0.4) is 0 Å². The number of rotatable bonds is 5. The first-order valence-electron chi connectivity index (χ1n) is 7.80. The van der Waals surface area contributed by atoms with E-state index in [2.05, 4.69) is 46.3 Å². The highest BCUT2D eigenvalue weighted by atomic mass is 15.2. The van der Waals surface area contributed by atoms with Gasteiger partial charge in [-0.15, -0.1) is 0 Å². The average molecular weight is 292 g/mol. The number of nitrogen functional groups attached to an aromatic ring is 1. The van der Waals surface area contributed by atoms with Gasteiger partial charge in [0.05, 0.1) is 0 Å². The third-order valence-electron chi connectivity index (χ3n) is 3.55. The van der Waals surface area contributed by atoms with Gasteiger partial charge in [-0.2, -0.15) is 0 Å². The van der Waals surface area contributed by atoms with Crippen LogP contribution in [-0.4, -0.2) is 46.6 Å². The SMILES string of the molecule is CC(C)(C)Nc1ncnc(NCCN2CCCCC2)c1N. The van der Waals surface area contributed by atoms with Gasteiger partial charge >= 0.3 is 0 Å². The predicted octanol–water partition coefficient (Wildman–Crippen LogP) is 2.17. The minimum Gasteiger partial charge on any atom is -0.393 e. The molecule has 1 fully saturated rings. The summed E-state index contributed by atoms with van der Waals surface area (Å²) in [5.74, 6) is 1.41. The second-order valence-electron chi connectivity index (χ2n) is 6.69. The molecule has 0 radical (unpaired) electrons. The molecule has 0 bridgehead atoms. The van der Waals surface area contributed by atoms with Gasteiger partial charge < -0.3 is 21.3 Å². The van der Waals surface area contributed by atoms with Crippen molar-refractivity contribution in [2.45, 2.75) is 45.6 Å². The van der Waals surface area contributed by atoms with Crippen LogP contribution in [0.1, 0.15) is 40.0 Å². The molecule has 21 heavy (non-hydrogen) atoms. The molecule has 0 saturated carbocycles. The first kappa shape index (κ1) is 15.8. The normalized spacial score (nSPS) is 16.7. The van der Waals surface area contributed by atoms with E-state index in [9.17, 15) is 0 Å². The van der Waals surface area contributed by atoms with Crippen molar-refractivity contribution in [2.75, 3.05) is 42.5 Å². The molecule has 1 aliphatic heterocycles. The summed E-state index contributed by atoms with van der Waals surface area (Å²) in [6.07, 6.45) is 5.54. The van der Waals surface area contributed by atoms with Crippen molar-refractivity contribution in [1.29, 1.82) is 0 Å². The smallest absolute Gasteiger partial charge is 0.155 e. The first-order chi connectivity index (χ1) is 9.96. The lowest BCUT2D eigenvalue weighted by Gasteiger charge is -2.26. The monoisotopic (exact) mass is 292 g/mol. The van der Waals surface area contributed by atoms with Crippen molar-refractivity contribution in [3.8, 4) is 0 Å². The highest BCUT2D eigenvalue weighted by Gasteiger charge is 2.15. The summed E-state index contributed by atoms with van der Waals surface area (Å²) in [5, 5.41) is 6.63. The number of hydrogen-bond donors (Lipinski definition) is 3. The molecule has 4 N–H and O–H groups in total. The van der Waals surface area contributed by atoms with E-state index in [1.165, 1.54) is 32.4 Å². The molecule has 0 atom stereocenters. The number of nitrogens with two attached hydrogens (primary N) is 1.